The van der Waals surface area contributed by atoms with E-state index in [2.05, 4.69) is 11.5 Å². The average Bonchev–Trinajstić information content (AvgIpc) is 2.30. The van der Waals surface area contributed by atoms with Gasteiger partial charge in [-0.05, 0) is 64.2 Å². The van der Waals surface area contributed by atoms with Crippen molar-refractivity contribution in [2.24, 2.45) is 11.7 Å². The van der Waals surface area contributed by atoms with Crippen LogP contribution in [0.2, 0.25) is 0 Å². The van der Waals surface area contributed by atoms with Crippen LogP contribution in [-0.2, 0) is 0 Å². The Hall–Kier alpha value is -0.340. The third-order valence-corrected chi connectivity index (χ3v) is 3.42. The largest absolute Gasteiger partial charge is 0.330 e. The van der Waals surface area contributed by atoms with Gasteiger partial charge in [0.2, 0.25) is 0 Å². The van der Waals surface area contributed by atoms with Crippen molar-refractivity contribution < 1.29 is 0 Å². The standard InChI is InChI=1S/C13H26N2/c1-2-3-4-5-6-9-15-10-7-13(12-14)8-11-15/h2,13H,1,3-12,14H2. The minimum absolute atomic E-state index is 0.794. The van der Waals surface area contributed by atoms with Crippen LogP contribution in [0.25, 0.3) is 0 Å². The molecule has 0 radical (unpaired) electrons. The highest BCUT2D eigenvalue weighted by Gasteiger charge is 2.16. The molecule has 1 fully saturated rings. The Kier molecular flexibility index (Phi) is 6.69. The van der Waals surface area contributed by atoms with E-state index < -0.39 is 0 Å². The second-order valence-electron chi connectivity index (χ2n) is 4.66. The van der Waals surface area contributed by atoms with Gasteiger partial charge in [-0.2, -0.15) is 0 Å². The van der Waals surface area contributed by atoms with E-state index >= 15 is 0 Å². The van der Waals surface area contributed by atoms with Gasteiger partial charge >= 0.3 is 0 Å². The Morgan fingerprint density at radius 2 is 1.93 bits per heavy atom. The fourth-order valence-electron chi connectivity index (χ4n) is 2.25. The summed E-state index contributed by atoms with van der Waals surface area (Å²) >= 11 is 0. The monoisotopic (exact) mass is 210 g/mol. The van der Waals surface area contributed by atoms with E-state index in [1.807, 2.05) is 6.08 Å². The number of piperidine rings is 1. The lowest BCUT2D eigenvalue weighted by Gasteiger charge is -2.31. The van der Waals surface area contributed by atoms with Crippen LogP contribution in [0.4, 0.5) is 0 Å². The van der Waals surface area contributed by atoms with Gasteiger partial charge in [-0.25, -0.2) is 0 Å². The van der Waals surface area contributed by atoms with E-state index in [4.69, 9.17) is 5.73 Å². The quantitative estimate of drug-likeness (QED) is 0.516. The van der Waals surface area contributed by atoms with Gasteiger partial charge in [0.1, 0.15) is 0 Å². The number of hydrogen-bond donors (Lipinski definition) is 1. The SMILES string of the molecule is C=CCCCCCN1CCC(CN)CC1. The number of nitrogens with zero attached hydrogens (tertiary/aromatic N) is 1. The molecule has 1 rings (SSSR count). The Balaban J connectivity index is 1.96. The summed E-state index contributed by atoms with van der Waals surface area (Å²) in [5.41, 5.74) is 5.68. The number of allylic oxidation sites excluding steroid dienone is 1. The normalized spacial score (nSPS) is 19.3. The van der Waals surface area contributed by atoms with Gasteiger partial charge in [0, 0.05) is 0 Å². The maximum absolute atomic E-state index is 5.68. The van der Waals surface area contributed by atoms with Crippen molar-refractivity contribution in [1.29, 1.82) is 0 Å². The van der Waals surface area contributed by atoms with Crippen LogP contribution >= 0.6 is 0 Å². The molecule has 2 nitrogen and oxygen atoms in total. The van der Waals surface area contributed by atoms with Crippen molar-refractivity contribution in [3.05, 3.63) is 12.7 Å². The maximum atomic E-state index is 5.68. The Morgan fingerprint density at radius 1 is 1.20 bits per heavy atom. The van der Waals surface area contributed by atoms with Crippen molar-refractivity contribution in [3.63, 3.8) is 0 Å². The molecule has 15 heavy (non-hydrogen) atoms. The molecule has 88 valence electrons. The molecule has 0 aromatic rings. The second kappa shape index (κ2) is 7.89. The summed E-state index contributed by atoms with van der Waals surface area (Å²) in [4.78, 5) is 2.60. The molecule has 1 saturated heterocycles. The van der Waals surface area contributed by atoms with Crippen LogP contribution in [0.1, 0.15) is 38.5 Å². The molecular weight excluding hydrogens is 184 g/mol. The molecular formula is C13H26N2. The molecule has 0 spiro atoms. The summed E-state index contributed by atoms with van der Waals surface area (Å²) in [6, 6.07) is 0. The van der Waals surface area contributed by atoms with E-state index in [9.17, 15) is 0 Å². The third kappa shape index (κ3) is 5.33. The van der Waals surface area contributed by atoms with E-state index in [0.29, 0.717) is 0 Å². The molecule has 0 atom stereocenters. The lowest BCUT2D eigenvalue weighted by Crippen LogP contribution is -2.36. The minimum Gasteiger partial charge on any atom is -0.330 e. The number of hydrogen-bond acceptors (Lipinski definition) is 2. The van der Waals surface area contributed by atoms with Gasteiger partial charge < -0.3 is 10.6 Å². The van der Waals surface area contributed by atoms with Crippen molar-refractivity contribution in [2.45, 2.75) is 38.5 Å². The average molecular weight is 210 g/mol. The van der Waals surface area contributed by atoms with Crippen LogP contribution in [-0.4, -0.2) is 31.1 Å². The minimum atomic E-state index is 0.794. The Bertz CT molecular complexity index is 160. The van der Waals surface area contributed by atoms with Crippen LogP contribution in [0.5, 0.6) is 0 Å². The highest BCUT2D eigenvalue weighted by Crippen LogP contribution is 2.16. The molecule has 1 aliphatic heterocycles. The highest BCUT2D eigenvalue weighted by molar-refractivity contribution is 4.72. The third-order valence-electron chi connectivity index (χ3n) is 3.42. The summed E-state index contributed by atoms with van der Waals surface area (Å²) < 4.78 is 0. The zero-order valence-corrected chi connectivity index (χ0v) is 9.96. The first kappa shape index (κ1) is 12.7. The van der Waals surface area contributed by atoms with Crippen molar-refractivity contribution in [2.75, 3.05) is 26.2 Å². The molecule has 1 heterocycles. The Labute approximate surface area is 94.5 Å². The van der Waals surface area contributed by atoms with Gasteiger partial charge in [-0.1, -0.05) is 12.5 Å². The molecule has 2 N–H and O–H groups in total. The fraction of sp³-hybridized carbons (Fsp3) is 0.846. The lowest BCUT2D eigenvalue weighted by molar-refractivity contribution is 0.184. The van der Waals surface area contributed by atoms with Gasteiger partial charge in [-0.15, -0.1) is 6.58 Å². The second-order valence-corrected chi connectivity index (χ2v) is 4.66. The predicted octanol–water partition coefficient (Wildman–Crippen LogP) is 2.40. The smallest absolute Gasteiger partial charge is 0.00156 e. The lowest BCUT2D eigenvalue weighted by atomic mass is 9.97. The van der Waals surface area contributed by atoms with Crippen LogP contribution < -0.4 is 5.73 Å². The molecule has 0 aromatic heterocycles. The van der Waals surface area contributed by atoms with Crippen LogP contribution in [0.15, 0.2) is 12.7 Å². The van der Waals surface area contributed by atoms with E-state index in [1.165, 1.54) is 58.2 Å². The topological polar surface area (TPSA) is 29.3 Å². The molecule has 2 heteroatoms. The molecule has 0 aliphatic carbocycles. The van der Waals surface area contributed by atoms with Gasteiger partial charge in [0.15, 0.2) is 0 Å². The summed E-state index contributed by atoms with van der Waals surface area (Å²) in [6.45, 7) is 8.45. The van der Waals surface area contributed by atoms with E-state index in [0.717, 1.165) is 12.5 Å². The molecule has 0 bridgehead atoms. The van der Waals surface area contributed by atoms with Crippen LogP contribution in [0, 0.1) is 5.92 Å². The molecule has 1 aliphatic rings. The molecule has 0 amide bonds. The first-order valence-electron chi connectivity index (χ1n) is 6.40. The number of unbranched alkanes of at least 4 members (excludes halogenated alkanes) is 3. The van der Waals surface area contributed by atoms with E-state index in [-0.39, 0.29) is 0 Å². The summed E-state index contributed by atoms with van der Waals surface area (Å²) in [6.07, 6.45) is 9.82. The summed E-state index contributed by atoms with van der Waals surface area (Å²) in [7, 11) is 0. The number of nitrogens with two attached hydrogens (primary N) is 1. The highest BCUT2D eigenvalue weighted by atomic mass is 15.1. The van der Waals surface area contributed by atoms with Gasteiger partial charge in [0.25, 0.3) is 0 Å². The van der Waals surface area contributed by atoms with Crippen LogP contribution in [0.3, 0.4) is 0 Å². The fourth-order valence-corrected chi connectivity index (χ4v) is 2.25. The molecule has 0 unspecified atom stereocenters. The summed E-state index contributed by atoms with van der Waals surface area (Å²) in [5.74, 6) is 0.794. The van der Waals surface area contributed by atoms with Gasteiger partial charge in [-0.3, -0.25) is 0 Å². The Morgan fingerprint density at radius 3 is 2.53 bits per heavy atom. The van der Waals surface area contributed by atoms with Crippen molar-refractivity contribution >= 4 is 0 Å². The van der Waals surface area contributed by atoms with Crippen molar-refractivity contribution in [3.8, 4) is 0 Å². The number of rotatable bonds is 7. The van der Waals surface area contributed by atoms with E-state index in [1.54, 1.807) is 0 Å². The number of likely N-dealkylation sites (tertiary alicyclic amines) is 1. The molecule has 0 aromatic carbocycles. The zero-order chi connectivity index (χ0) is 10.9. The molecule has 0 saturated carbocycles. The maximum Gasteiger partial charge on any atom is -0.00156 e. The predicted molar refractivity (Wildman–Crippen MR) is 66.9 cm³/mol. The first-order chi connectivity index (χ1) is 7.36. The van der Waals surface area contributed by atoms with Gasteiger partial charge in [0.05, 0.1) is 0 Å². The van der Waals surface area contributed by atoms with Crippen molar-refractivity contribution in [1.82, 2.24) is 4.90 Å². The summed E-state index contributed by atoms with van der Waals surface area (Å²) in [5, 5.41) is 0. The first-order valence-corrected chi connectivity index (χ1v) is 6.40. The zero-order valence-electron chi connectivity index (χ0n) is 9.96.